The summed E-state index contributed by atoms with van der Waals surface area (Å²) in [5.41, 5.74) is 0.273. The van der Waals surface area contributed by atoms with E-state index in [2.05, 4.69) is 39.9 Å². The van der Waals surface area contributed by atoms with Crippen molar-refractivity contribution in [2.24, 2.45) is 17.8 Å². The molecule has 0 aromatic heterocycles. The van der Waals surface area contributed by atoms with E-state index in [1.165, 1.54) is 38.6 Å². The Kier molecular flexibility index (Phi) is 5.30. The fourth-order valence-electron chi connectivity index (χ4n) is 2.70. The van der Waals surface area contributed by atoms with Gasteiger partial charge in [-0.15, -0.1) is 0 Å². The van der Waals surface area contributed by atoms with Crippen molar-refractivity contribution >= 4 is 0 Å². The molecule has 0 saturated heterocycles. The summed E-state index contributed by atoms with van der Waals surface area (Å²) >= 11 is 0. The first-order valence-electron chi connectivity index (χ1n) is 7.12. The molecule has 0 radical (unpaired) electrons. The monoisotopic (exact) mass is 225 g/mol. The van der Waals surface area contributed by atoms with Crippen LogP contribution in [0.15, 0.2) is 0 Å². The SMILES string of the molecule is CC1CCC(CC(C)CNC(C)(C)C)CC1. The van der Waals surface area contributed by atoms with Gasteiger partial charge in [0.25, 0.3) is 0 Å². The predicted octanol–water partition coefficient (Wildman–Crippen LogP) is 4.23. The molecule has 1 N–H and O–H groups in total. The van der Waals surface area contributed by atoms with Crippen molar-refractivity contribution in [2.45, 2.75) is 72.3 Å². The first-order chi connectivity index (χ1) is 7.37. The Morgan fingerprint density at radius 2 is 1.69 bits per heavy atom. The highest BCUT2D eigenvalue weighted by molar-refractivity contribution is 4.75. The number of rotatable bonds is 4. The molecule has 1 nitrogen and oxygen atoms in total. The normalized spacial score (nSPS) is 29.1. The van der Waals surface area contributed by atoms with Crippen LogP contribution in [0.3, 0.4) is 0 Å². The molecule has 0 heterocycles. The molecule has 0 aromatic rings. The molecule has 1 saturated carbocycles. The molecule has 0 bridgehead atoms. The van der Waals surface area contributed by atoms with E-state index in [1.807, 2.05) is 0 Å². The van der Waals surface area contributed by atoms with Crippen LogP contribution in [0, 0.1) is 17.8 Å². The topological polar surface area (TPSA) is 12.0 Å². The third-order valence-corrected chi connectivity index (χ3v) is 3.85. The lowest BCUT2D eigenvalue weighted by molar-refractivity contribution is 0.242. The Morgan fingerprint density at radius 1 is 1.12 bits per heavy atom. The minimum Gasteiger partial charge on any atom is -0.312 e. The van der Waals surface area contributed by atoms with Crippen molar-refractivity contribution in [3.05, 3.63) is 0 Å². The smallest absolute Gasteiger partial charge is 0.00966 e. The number of nitrogens with one attached hydrogen (secondary N) is 1. The molecule has 16 heavy (non-hydrogen) atoms. The van der Waals surface area contributed by atoms with E-state index >= 15 is 0 Å². The minimum absolute atomic E-state index is 0.273. The van der Waals surface area contributed by atoms with Gasteiger partial charge in [-0.25, -0.2) is 0 Å². The lowest BCUT2D eigenvalue weighted by Gasteiger charge is -2.29. The van der Waals surface area contributed by atoms with E-state index in [4.69, 9.17) is 0 Å². The molecule has 0 aromatic carbocycles. The van der Waals surface area contributed by atoms with Gasteiger partial charge < -0.3 is 5.32 Å². The largest absolute Gasteiger partial charge is 0.312 e. The van der Waals surface area contributed by atoms with Gasteiger partial charge in [-0.1, -0.05) is 39.5 Å². The maximum atomic E-state index is 3.62. The fourth-order valence-corrected chi connectivity index (χ4v) is 2.70. The maximum Gasteiger partial charge on any atom is 0.00966 e. The van der Waals surface area contributed by atoms with Gasteiger partial charge in [-0.3, -0.25) is 0 Å². The zero-order chi connectivity index (χ0) is 12.2. The van der Waals surface area contributed by atoms with Gasteiger partial charge in [0.2, 0.25) is 0 Å². The maximum absolute atomic E-state index is 3.62. The first kappa shape index (κ1) is 14.0. The number of hydrogen-bond acceptors (Lipinski definition) is 1. The molecule has 1 aliphatic rings. The van der Waals surface area contributed by atoms with Gasteiger partial charge in [0.05, 0.1) is 0 Å². The van der Waals surface area contributed by atoms with Crippen molar-refractivity contribution in [1.82, 2.24) is 5.32 Å². The van der Waals surface area contributed by atoms with E-state index < -0.39 is 0 Å². The summed E-state index contributed by atoms with van der Waals surface area (Å²) in [5.74, 6) is 2.82. The standard InChI is InChI=1S/C15H31N/c1-12-6-8-14(9-7-12)10-13(2)11-16-15(3,4)5/h12-14,16H,6-11H2,1-5H3. The van der Waals surface area contributed by atoms with E-state index in [0.29, 0.717) is 0 Å². The average Bonchev–Trinajstić information content (AvgIpc) is 2.18. The molecule has 1 heteroatoms. The van der Waals surface area contributed by atoms with Gasteiger partial charge in [0, 0.05) is 5.54 Å². The highest BCUT2D eigenvalue weighted by Gasteiger charge is 2.20. The first-order valence-corrected chi connectivity index (χ1v) is 7.12. The van der Waals surface area contributed by atoms with E-state index in [0.717, 1.165) is 17.8 Å². The van der Waals surface area contributed by atoms with Gasteiger partial charge >= 0.3 is 0 Å². The predicted molar refractivity (Wildman–Crippen MR) is 72.7 cm³/mol. The number of hydrogen-bond donors (Lipinski definition) is 1. The highest BCUT2D eigenvalue weighted by atomic mass is 14.9. The van der Waals surface area contributed by atoms with Crippen molar-refractivity contribution in [3.8, 4) is 0 Å². The molecule has 0 aliphatic heterocycles. The van der Waals surface area contributed by atoms with Crippen LogP contribution in [-0.4, -0.2) is 12.1 Å². The quantitative estimate of drug-likeness (QED) is 0.755. The van der Waals surface area contributed by atoms with Gasteiger partial charge in [-0.05, 0) is 51.5 Å². The lowest BCUT2D eigenvalue weighted by atomic mass is 9.79. The zero-order valence-electron chi connectivity index (χ0n) is 12.0. The summed E-state index contributed by atoms with van der Waals surface area (Å²) < 4.78 is 0. The summed E-state index contributed by atoms with van der Waals surface area (Å²) in [6, 6.07) is 0. The third-order valence-electron chi connectivity index (χ3n) is 3.85. The fraction of sp³-hybridized carbons (Fsp3) is 1.00. The van der Waals surface area contributed by atoms with Crippen LogP contribution in [0.4, 0.5) is 0 Å². The summed E-state index contributed by atoms with van der Waals surface area (Å²) in [7, 11) is 0. The Balaban J connectivity index is 2.16. The van der Waals surface area contributed by atoms with Gasteiger partial charge in [-0.2, -0.15) is 0 Å². The summed E-state index contributed by atoms with van der Waals surface area (Å²) in [6.07, 6.45) is 7.30. The Bertz CT molecular complexity index is 184. The molecule has 1 unspecified atom stereocenters. The molecule has 96 valence electrons. The van der Waals surface area contributed by atoms with E-state index in [-0.39, 0.29) is 5.54 Å². The van der Waals surface area contributed by atoms with E-state index in [9.17, 15) is 0 Å². The molecular formula is C15H31N. The van der Waals surface area contributed by atoms with Crippen LogP contribution >= 0.6 is 0 Å². The van der Waals surface area contributed by atoms with Gasteiger partial charge in [0.1, 0.15) is 0 Å². The Morgan fingerprint density at radius 3 is 2.19 bits per heavy atom. The highest BCUT2D eigenvalue weighted by Crippen LogP contribution is 2.32. The van der Waals surface area contributed by atoms with Crippen molar-refractivity contribution in [2.75, 3.05) is 6.54 Å². The van der Waals surface area contributed by atoms with E-state index in [1.54, 1.807) is 0 Å². The summed E-state index contributed by atoms with van der Waals surface area (Å²) in [5, 5.41) is 3.62. The summed E-state index contributed by atoms with van der Waals surface area (Å²) in [6.45, 7) is 12.7. The Labute approximate surface area is 102 Å². The van der Waals surface area contributed by atoms with Crippen molar-refractivity contribution < 1.29 is 0 Å². The molecule has 1 atom stereocenters. The van der Waals surface area contributed by atoms with Crippen LogP contribution in [0.5, 0.6) is 0 Å². The van der Waals surface area contributed by atoms with Crippen LogP contribution in [0.25, 0.3) is 0 Å². The van der Waals surface area contributed by atoms with Crippen molar-refractivity contribution in [3.63, 3.8) is 0 Å². The molecule has 1 fully saturated rings. The van der Waals surface area contributed by atoms with Crippen LogP contribution in [-0.2, 0) is 0 Å². The van der Waals surface area contributed by atoms with Crippen LogP contribution in [0.1, 0.15) is 66.7 Å². The van der Waals surface area contributed by atoms with Crippen LogP contribution < -0.4 is 5.32 Å². The molecule has 0 spiro atoms. The average molecular weight is 225 g/mol. The lowest BCUT2D eigenvalue weighted by Crippen LogP contribution is -2.39. The molecular weight excluding hydrogens is 194 g/mol. The molecule has 0 amide bonds. The molecule has 1 aliphatic carbocycles. The third kappa shape index (κ3) is 5.89. The Hall–Kier alpha value is -0.0400. The summed E-state index contributed by atoms with van der Waals surface area (Å²) in [4.78, 5) is 0. The van der Waals surface area contributed by atoms with Crippen molar-refractivity contribution in [1.29, 1.82) is 0 Å². The minimum atomic E-state index is 0.273. The second kappa shape index (κ2) is 6.05. The zero-order valence-corrected chi connectivity index (χ0v) is 12.0. The molecule has 1 rings (SSSR count). The van der Waals surface area contributed by atoms with Gasteiger partial charge in [0.15, 0.2) is 0 Å². The second-order valence-electron chi connectivity index (χ2n) is 7.10. The second-order valence-corrected chi connectivity index (χ2v) is 7.10. The van der Waals surface area contributed by atoms with Crippen LogP contribution in [0.2, 0.25) is 0 Å².